The monoisotopic (exact) mass is 249 g/mol. The molecule has 2 atom stereocenters. The highest BCUT2D eigenvalue weighted by Gasteiger charge is 2.34. The molecule has 0 radical (unpaired) electrons. The van der Waals surface area contributed by atoms with Crippen LogP contribution in [0, 0.1) is 0 Å². The lowest BCUT2D eigenvalue weighted by molar-refractivity contribution is -0.00742. The molecule has 0 aliphatic heterocycles. The standard InChI is InChI=1S/C15H23NO2/c1-11(2)18-14-7-3-5-12(9-14)15(17)8-4-6-13(16)10-15/h3,5,7,9,11,13,17H,4,6,8,10,16H2,1-2H3. The molecule has 2 unspecified atom stereocenters. The molecular weight excluding hydrogens is 226 g/mol. The van der Waals surface area contributed by atoms with Gasteiger partial charge in [0.15, 0.2) is 0 Å². The molecule has 1 aromatic carbocycles. The number of hydrogen-bond donors (Lipinski definition) is 2. The molecule has 1 aliphatic carbocycles. The van der Waals surface area contributed by atoms with E-state index in [1.165, 1.54) is 0 Å². The number of nitrogens with two attached hydrogens (primary N) is 1. The Kier molecular flexibility index (Phi) is 3.93. The number of rotatable bonds is 3. The SMILES string of the molecule is CC(C)Oc1cccc(C2(O)CCCC(N)C2)c1. The van der Waals surface area contributed by atoms with Crippen molar-refractivity contribution in [2.45, 2.75) is 57.3 Å². The third kappa shape index (κ3) is 3.03. The molecule has 0 heterocycles. The second-order valence-electron chi connectivity index (χ2n) is 5.58. The molecule has 18 heavy (non-hydrogen) atoms. The van der Waals surface area contributed by atoms with E-state index in [4.69, 9.17) is 10.5 Å². The van der Waals surface area contributed by atoms with Crippen molar-refractivity contribution in [3.05, 3.63) is 29.8 Å². The normalized spacial score (nSPS) is 28.4. The Morgan fingerprint density at radius 1 is 1.44 bits per heavy atom. The lowest BCUT2D eigenvalue weighted by Crippen LogP contribution is -2.39. The van der Waals surface area contributed by atoms with E-state index in [2.05, 4.69) is 0 Å². The molecule has 1 saturated carbocycles. The smallest absolute Gasteiger partial charge is 0.120 e. The first-order valence-corrected chi connectivity index (χ1v) is 6.75. The van der Waals surface area contributed by atoms with E-state index in [9.17, 15) is 5.11 Å². The Labute approximate surface area is 109 Å². The second kappa shape index (κ2) is 5.29. The summed E-state index contributed by atoms with van der Waals surface area (Å²) in [7, 11) is 0. The lowest BCUT2D eigenvalue weighted by atomic mass is 9.77. The Morgan fingerprint density at radius 2 is 2.22 bits per heavy atom. The van der Waals surface area contributed by atoms with Gasteiger partial charge in [0, 0.05) is 6.04 Å². The van der Waals surface area contributed by atoms with Gasteiger partial charge in [0.25, 0.3) is 0 Å². The first kappa shape index (κ1) is 13.4. The number of ether oxygens (including phenoxy) is 1. The first-order chi connectivity index (χ1) is 8.49. The molecule has 3 N–H and O–H groups in total. The van der Waals surface area contributed by atoms with Crippen LogP contribution in [0.5, 0.6) is 5.75 Å². The van der Waals surface area contributed by atoms with Gasteiger partial charge in [0.05, 0.1) is 11.7 Å². The molecule has 0 spiro atoms. The van der Waals surface area contributed by atoms with Crippen LogP contribution >= 0.6 is 0 Å². The van der Waals surface area contributed by atoms with Crippen LogP contribution in [0.2, 0.25) is 0 Å². The van der Waals surface area contributed by atoms with Crippen LogP contribution < -0.4 is 10.5 Å². The number of aliphatic hydroxyl groups is 1. The fourth-order valence-corrected chi connectivity index (χ4v) is 2.69. The summed E-state index contributed by atoms with van der Waals surface area (Å²) in [5.74, 6) is 0.815. The van der Waals surface area contributed by atoms with Crippen molar-refractivity contribution in [1.29, 1.82) is 0 Å². The number of benzene rings is 1. The minimum atomic E-state index is -0.784. The maximum Gasteiger partial charge on any atom is 0.120 e. The predicted octanol–water partition coefficient (Wildman–Crippen LogP) is 2.56. The molecule has 0 saturated heterocycles. The average Bonchev–Trinajstić information content (AvgIpc) is 2.28. The zero-order chi connectivity index (χ0) is 13.2. The van der Waals surface area contributed by atoms with Crippen LogP contribution in [0.4, 0.5) is 0 Å². The molecular formula is C15H23NO2. The molecule has 2 rings (SSSR count). The summed E-state index contributed by atoms with van der Waals surface area (Å²) in [5.41, 5.74) is 6.12. The zero-order valence-corrected chi connectivity index (χ0v) is 11.2. The van der Waals surface area contributed by atoms with E-state index in [0.717, 1.165) is 30.6 Å². The van der Waals surface area contributed by atoms with Crippen LogP contribution in [0.15, 0.2) is 24.3 Å². The molecule has 3 nitrogen and oxygen atoms in total. The summed E-state index contributed by atoms with van der Waals surface area (Å²) in [4.78, 5) is 0. The van der Waals surface area contributed by atoms with Crippen LogP contribution in [-0.2, 0) is 5.60 Å². The van der Waals surface area contributed by atoms with Crippen molar-refractivity contribution < 1.29 is 9.84 Å². The van der Waals surface area contributed by atoms with E-state index >= 15 is 0 Å². The van der Waals surface area contributed by atoms with Gasteiger partial charge >= 0.3 is 0 Å². The zero-order valence-electron chi connectivity index (χ0n) is 11.2. The Morgan fingerprint density at radius 3 is 2.89 bits per heavy atom. The maximum absolute atomic E-state index is 10.7. The minimum absolute atomic E-state index is 0.0958. The molecule has 1 aliphatic rings. The van der Waals surface area contributed by atoms with Gasteiger partial charge in [-0.1, -0.05) is 12.1 Å². The van der Waals surface area contributed by atoms with Gasteiger partial charge < -0.3 is 15.6 Å². The summed E-state index contributed by atoms with van der Waals surface area (Å²) in [5, 5.41) is 10.7. The van der Waals surface area contributed by atoms with Gasteiger partial charge in [0.1, 0.15) is 5.75 Å². The van der Waals surface area contributed by atoms with E-state index in [1.54, 1.807) is 0 Å². The fourth-order valence-electron chi connectivity index (χ4n) is 2.69. The van der Waals surface area contributed by atoms with Crippen LogP contribution in [-0.4, -0.2) is 17.3 Å². The summed E-state index contributed by atoms with van der Waals surface area (Å²) < 4.78 is 5.68. The average molecular weight is 249 g/mol. The van der Waals surface area contributed by atoms with Crippen molar-refractivity contribution in [1.82, 2.24) is 0 Å². The van der Waals surface area contributed by atoms with Crippen molar-refractivity contribution in [3.63, 3.8) is 0 Å². The number of hydrogen-bond acceptors (Lipinski definition) is 3. The van der Waals surface area contributed by atoms with Crippen molar-refractivity contribution in [2.24, 2.45) is 5.73 Å². The molecule has 0 bridgehead atoms. The third-order valence-electron chi connectivity index (χ3n) is 3.51. The van der Waals surface area contributed by atoms with E-state index in [-0.39, 0.29) is 12.1 Å². The summed E-state index contributed by atoms with van der Waals surface area (Å²) >= 11 is 0. The highest BCUT2D eigenvalue weighted by atomic mass is 16.5. The molecule has 0 aromatic heterocycles. The maximum atomic E-state index is 10.7. The molecule has 100 valence electrons. The first-order valence-electron chi connectivity index (χ1n) is 6.75. The van der Waals surface area contributed by atoms with Crippen molar-refractivity contribution >= 4 is 0 Å². The highest BCUT2D eigenvalue weighted by molar-refractivity contribution is 5.33. The van der Waals surface area contributed by atoms with E-state index in [0.29, 0.717) is 6.42 Å². The van der Waals surface area contributed by atoms with Gasteiger partial charge in [-0.3, -0.25) is 0 Å². The van der Waals surface area contributed by atoms with Crippen LogP contribution in [0.1, 0.15) is 45.1 Å². The Hall–Kier alpha value is -1.06. The topological polar surface area (TPSA) is 55.5 Å². The van der Waals surface area contributed by atoms with Crippen LogP contribution in [0.25, 0.3) is 0 Å². The molecule has 0 amide bonds. The van der Waals surface area contributed by atoms with Gasteiger partial charge in [-0.05, 0) is 57.2 Å². The van der Waals surface area contributed by atoms with Gasteiger partial charge in [-0.25, -0.2) is 0 Å². The molecule has 1 aromatic rings. The fraction of sp³-hybridized carbons (Fsp3) is 0.600. The van der Waals surface area contributed by atoms with E-state index in [1.807, 2.05) is 38.1 Å². The van der Waals surface area contributed by atoms with E-state index < -0.39 is 5.60 Å². The summed E-state index contributed by atoms with van der Waals surface area (Å²) in [6, 6.07) is 7.86. The van der Waals surface area contributed by atoms with Crippen molar-refractivity contribution in [2.75, 3.05) is 0 Å². The van der Waals surface area contributed by atoms with Gasteiger partial charge in [-0.15, -0.1) is 0 Å². The quantitative estimate of drug-likeness (QED) is 0.865. The summed E-state index contributed by atoms with van der Waals surface area (Å²) in [6.45, 7) is 4.00. The third-order valence-corrected chi connectivity index (χ3v) is 3.51. The largest absolute Gasteiger partial charge is 0.491 e. The summed E-state index contributed by atoms with van der Waals surface area (Å²) in [6.07, 6.45) is 3.55. The second-order valence-corrected chi connectivity index (χ2v) is 5.58. The molecule has 3 heteroatoms. The van der Waals surface area contributed by atoms with Gasteiger partial charge in [0.2, 0.25) is 0 Å². The minimum Gasteiger partial charge on any atom is -0.491 e. The Balaban J connectivity index is 2.21. The molecule has 1 fully saturated rings. The Bertz CT molecular complexity index is 405. The predicted molar refractivity (Wildman–Crippen MR) is 72.5 cm³/mol. The van der Waals surface area contributed by atoms with Crippen LogP contribution in [0.3, 0.4) is 0 Å². The highest BCUT2D eigenvalue weighted by Crippen LogP contribution is 2.37. The van der Waals surface area contributed by atoms with Crippen molar-refractivity contribution in [3.8, 4) is 5.75 Å². The lowest BCUT2D eigenvalue weighted by Gasteiger charge is -2.36. The van der Waals surface area contributed by atoms with Gasteiger partial charge in [-0.2, -0.15) is 0 Å².